The average Bonchev–Trinajstić information content (AvgIpc) is 3.21. The van der Waals surface area contributed by atoms with Crippen molar-refractivity contribution in [2.45, 2.75) is 284 Å². The van der Waals surface area contributed by atoms with E-state index in [1.165, 1.54) is 218 Å². The van der Waals surface area contributed by atoms with Gasteiger partial charge in [0.25, 0.3) is 0 Å². The Kier molecular flexibility index (Phi) is 39.8. The van der Waals surface area contributed by atoms with Crippen LogP contribution in [0.3, 0.4) is 0 Å². The number of unbranched alkanes of at least 4 members (excludes halogenated alkanes) is 36. The molecule has 0 aliphatic rings. The quantitative estimate of drug-likeness (QED) is 0.0648. The number of nitrogens with one attached hydrogen (secondary N) is 2. The van der Waals surface area contributed by atoms with E-state index in [9.17, 15) is 9.59 Å². The summed E-state index contributed by atoms with van der Waals surface area (Å²) in [4.78, 5) is 25.1. The van der Waals surface area contributed by atoms with Crippen LogP contribution < -0.4 is 10.6 Å². The van der Waals surface area contributed by atoms with Crippen molar-refractivity contribution >= 4 is 11.8 Å². The lowest BCUT2D eigenvalue weighted by molar-refractivity contribution is -0.122. The van der Waals surface area contributed by atoms with Crippen molar-refractivity contribution < 1.29 is 9.59 Å². The van der Waals surface area contributed by atoms with Crippen LogP contribution in [0.15, 0.2) is 24.3 Å². The summed E-state index contributed by atoms with van der Waals surface area (Å²) in [5.41, 5.74) is 2.19. The first-order valence-corrected chi connectivity index (χ1v) is 25.3. The molecule has 0 atom stereocenters. The summed E-state index contributed by atoms with van der Waals surface area (Å²) in [5.74, 6) is 0.278. The van der Waals surface area contributed by atoms with Crippen LogP contribution in [0.5, 0.6) is 0 Å². The molecule has 326 valence electrons. The third-order valence-corrected chi connectivity index (χ3v) is 12.1. The Bertz CT molecular complexity index is 900. The van der Waals surface area contributed by atoms with E-state index in [2.05, 4.69) is 36.6 Å². The van der Waals surface area contributed by atoms with Gasteiger partial charge >= 0.3 is 0 Å². The predicted octanol–water partition coefficient (Wildman–Crippen LogP) is 16.6. The normalized spacial score (nSPS) is 11.3. The number of amides is 2. The third kappa shape index (κ3) is 36.5. The zero-order valence-electron chi connectivity index (χ0n) is 37.8. The molecule has 0 saturated carbocycles. The van der Waals surface area contributed by atoms with Crippen LogP contribution in [0.4, 0.5) is 0 Å². The first-order valence-electron chi connectivity index (χ1n) is 25.3. The molecule has 0 bridgehead atoms. The number of carbonyl (C=O) groups excluding carboxylic acids is 2. The second kappa shape index (κ2) is 42.8. The SMILES string of the molecule is CCCCCCCCCCCCCCCCCCCCCC(=O)NCc1ccccc1CNC(=O)CCCCCCCCCCCCCCCCCCCCC. The number of hydrogen-bond donors (Lipinski definition) is 2. The van der Waals surface area contributed by atoms with Crippen LogP contribution in [0.1, 0.15) is 282 Å². The molecule has 0 radical (unpaired) electrons. The summed E-state index contributed by atoms with van der Waals surface area (Å²) in [6.45, 7) is 5.65. The van der Waals surface area contributed by atoms with E-state index < -0.39 is 0 Å². The molecule has 0 saturated heterocycles. The minimum Gasteiger partial charge on any atom is -0.352 e. The molecular weight excluding hydrogens is 685 g/mol. The molecule has 4 nitrogen and oxygen atoms in total. The third-order valence-electron chi connectivity index (χ3n) is 12.1. The van der Waals surface area contributed by atoms with Crippen molar-refractivity contribution in [3.05, 3.63) is 35.4 Å². The van der Waals surface area contributed by atoms with E-state index in [4.69, 9.17) is 0 Å². The molecule has 2 N–H and O–H groups in total. The highest BCUT2D eigenvalue weighted by Gasteiger charge is 2.08. The van der Waals surface area contributed by atoms with E-state index in [1.807, 2.05) is 12.1 Å². The van der Waals surface area contributed by atoms with Crippen LogP contribution in [0.2, 0.25) is 0 Å². The molecule has 1 rings (SSSR count). The number of hydrogen-bond acceptors (Lipinski definition) is 2. The summed E-state index contributed by atoms with van der Waals surface area (Å²) in [6.07, 6.45) is 53.0. The van der Waals surface area contributed by atoms with Crippen molar-refractivity contribution in [3.63, 3.8) is 0 Å². The topological polar surface area (TPSA) is 58.2 Å². The molecule has 0 aromatic heterocycles. The Balaban J connectivity index is 1.92. The van der Waals surface area contributed by atoms with Gasteiger partial charge in [0.05, 0.1) is 0 Å². The fraction of sp³-hybridized carbons (Fsp3) is 0.846. The van der Waals surface area contributed by atoms with Crippen molar-refractivity contribution in [2.24, 2.45) is 0 Å². The average molecular weight is 781 g/mol. The summed E-state index contributed by atoms with van der Waals surface area (Å²) in [7, 11) is 0. The molecule has 4 heteroatoms. The highest BCUT2D eigenvalue weighted by molar-refractivity contribution is 5.76. The van der Waals surface area contributed by atoms with E-state index in [0.29, 0.717) is 25.9 Å². The lowest BCUT2D eigenvalue weighted by Gasteiger charge is -2.12. The molecule has 0 aliphatic heterocycles. The zero-order chi connectivity index (χ0) is 40.3. The maximum Gasteiger partial charge on any atom is 0.220 e. The zero-order valence-corrected chi connectivity index (χ0v) is 37.8. The lowest BCUT2D eigenvalue weighted by Crippen LogP contribution is -2.25. The number of rotatable bonds is 44. The highest BCUT2D eigenvalue weighted by atomic mass is 16.2. The van der Waals surface area contributed by atoms with E-state index >= 15 is 0 Å². The smallest absolute Gasteiger partial charge is 0.220 e. The van der Waals surface area contributed by atoms with Gasteiger partial charge in [-0.1, -0.05) is 269 Å². The first kappa shape index (κ1) is 52.2. The van der Waals surface area contributed by atoms with Crippen molar-refractivity contribution in [1.82, 2.24) is 10.6 Å². The molecule has 2 amide bonds. The van der Waals surface area contributed by atoms with Gasteiger partial charge in [0, 0.05) is 25.9 Å². The monoisotopic (exact) mass is 781 g/mol. The van der Waals surface area contributed by atoms with Gasteiger partial charge in [-0.05, 0) is 24.0 Å². The molecule has 0 fully saturated rings. The predicted molar refractivity (Wildman–Crippen MR) is 246 cm³/mol. The van der Waals surface area contributed by atoms with Gasteiger partial charge in [-0.25, -0.2) is 0 Å². The largest absolute Gasteiger partial charge is 0.352 e. The molecule has 1 aromatic rings. The van der Waals surface area contributed by atoms with Gasteiger partial charge in [-0.15, -0.1) is 0 Å². The minimum absolute atomic E-state index is 0.139. The lowest BCUT2D eigenvalue weighted by atomic mass is 10.0. The van der Waals surface area contributed by atoms with Crippen molar-refractivity contribution in [3.8, 4) is 0 Å². The minimum atomic E-state index is 0.139. The summed E-state index contributed by atoms with van der Waals surface area (Å²) in [6, 6.07) is 8.17. The van der Waals surface area contributed by atoms with E-state index in [-0.39, 0.29) is 11.8 Å². The Labute approximate surface area is 350 Å². The maximum atomic E-state index is 12.5. The summed E-state index contributed by atoms with van der Waals surface area (Å²) < 4.78 is 0. The second-order valence-corrected chi connectivity index (χ2v) is 17.6. The molecular formula is C52H96N2O2. The second-order valence-electron chi connectivity index (χ2n) is 17.6. The standard InChI is InChI=1S/C52H96N2O2/c1-3-5-7-9-11-13-15-17-19-21-23-25-27-29-31-33-35-37-39-45-51(55)53-47-49-43-41-42-44-50(49)48-54-52(56)46-40-38-36-34-32-30-28-26-24-22-20-18-16-14-12-10-8-6-4-2/h41-44H,3-40,45-48H2,1-2H3,(H,53,55)(H,54,56). The Morgan fingerprint density at radius 1 is 0.321 bits per heavy atom. The van der Waals surface area contributed by atoms with Crippen LogP contribution in [0.25, 0.3) is 0 Å². The van der Waals surface area contributed by atoms with Gasteiger partial charge in [-0.2, -0.15) is 0 Å². The van der Waals surface area contributed by atoms with E-state index in [1.54, 1.807) is 0 Å². The molecule has 1 aromatic carbocycles. The summed E-state index contributed by atoms with van der Waals surface area (Å²) >= 11 is 0. The van der Waals surface area contributed by atoms with Gasteiger partial charge in [-0.3, -0.25) is 9.59 Å². The van der Waals surface area contributed by atoms with Gasteiger partial charge in [0.1, 0.15) is 0 Å². The van der Waals surface area contributed by atoms with Gasteiger partial charge in [0.15, 0.2) is 0 Å². The molecule has 0 spiro atoms. The number of carbonyl (C=O) groups is 2. The van der Waals surface area contributed by atoms with E-state index in [0.717, 1.165) is 36.8 Å². The van der Waals surface area contributed by atoms with Crippen LogP contribution in [-0.2, 0) is 22.7 Å². The Morgan fingerprint density at radius 3 is 0.732 bits per heavy atom. The molecule has 56 heavy (non-hydrogen) atoms. The maximum absolute atomic E-state index is 12.5. The van der Waals surface area contributed by atoms with Gasteiger partial charge < -0.3 is 10.6 Å². The Morgan fingerprint density at radius 2 is 0.518 bits per heavy atom. The fourth-order valence-corrected chi connectivity index (χ4v) is 8.19. The summed E-state index contributed by atoms with van der Waals surface area (Å²) in [5, 5.41) is 6.25. The molecule has 0 aliphatic carbocycles. The Hall–Kier alpha value is -1.84. The highest BCUT2D eigenvalue weighted by Crippen LogP contribution is 2.17. The first-order chi connectivity index (χ1) is 27.7. The van der Waals surface area contributed by atoms with Crippen LogP contribution in [0, 0.1) is 0 Å². The molecule has 0 unspecified atom stereocenters. The van der Waals surface area contributed by atoms with Crippen molar-refractivity contribution in [2.75, 3.05) is 0 Å². The van der Waals surface area contributed by atoms with Crippen molar-refractivity contribution in [1.29, 1.82) is 0 Å². The molecule has 0 heterocycles. The number of benzene rings is 1. The van der Waals surface area contributed by atoms with Crippen LogP contribution in [-0.4, -0.2) is 11.8 Å². The van der Waals surface area contributed by atoms with Gasteiger partial charge in [0.2, 0.25) is 11.8 Å². The fourth-order valence-electron chi connectivity index (χ4n) is 8.19. The van der Waals surface area contributed by atoms with Crippen LogP contribution >= 0.6 is 0 Å².